The molecule has 1 N–H and O–H groups in total. The zero-order chi connectivity index (χ0) is 24.1. The molecule has 34 heavy (non-hydrogen) atoms. The predicted octanol–water partition coefficient (Wildman–Crippen LogP) is 4.78. The van der Waals surface area contributed by atoms with Gasteiger partial charge in [-0.05, 0) is 43.3 Å². The highest BCUT2D eigenvalue weighted by Crippen LogP contribution is 2.29. The van der Waals surface area contributed by atoms with Crippen molar-refractivity contribution in [2.75, 3.05) is 11.1 Å². The number of anilines is 1. The standard InChI is InChI=1S/C24H19N5O4S/c1-16(30)17-10-12-19(13-11-17)25-22(31)15-34-24-27-26-23(28(24)20-7-3-2-4-8-20)18-6-5-9-21(14-18)29(32)33/h2-14H,15H2,1H3,(H,25,31). The van der Waals surface area contributed by atoms with E-state index in [4.69, 9.17) is 0 Å². The van der Waals surface area contributed by atoms with Crippen LogP contribution in [0.25, 0.3) is 17.1 Å². The number of amides is 1. The van der Waals surface area contributed by atoms with Crippen LogP contribution in [0.15, 0.2) is 84.0 Å². The fourth-order valence-electron chi connectivity index (χ4n) is 3.23. The zero-order valence-electron chi connectivity index (χ0n) is 18.0. The molecule has 0 radical (unpaired) electrons. The Hall–Kier alpha value is -4.31. The van der Waals surface area contributed by atoms with Crippen LogP contribution in [0.4, 0.5) is 11.4 Å². The van der Waals surface area contributed by atoms with Gasteiger partial charge < -0.3 is 5.32 Å². The van der Waals surface area contributed by atoms with E-state index in [0.717, 1.165) is 5.69 Å². The number of nitro benzene ring substituents is 1. The molecule has 0 spiro atoms. The summed E-state index contributed by atoms with van der Waals surface area (Å²) in [6, 6.07) is 22.1. The van der Waals surface area contributed by atoms with Gasteiger partial charge in [0.15, 0.2) is 16.8 Å². The molecular formula is C24H19N5O4S. The Morgan fingerprint density at radius 1 is 1.00 bits per heavy atom. The third-order valence-corrected chi connectivity index (χ3v) is 5.80. The minimum atomic E-state index is -0.463. The Balaban J connectivity index is 1.57. The number of carbonyl (C=O) groups excluding carboxylic acids is 2. The van der Waals surface area contributed by atoms with Gasteiger partial charge in [-0.2, -0.15) is 0 Å². The van der Waals surface area contributed by atoms with Crippen molar-refractivity contribution in [3.63, 3.8) is 0 Å². The minimum absolute atomic E-state index is 0.0479. The summed E-state index contributed by atoms with van der Waals surface area (Å²) >= 11 is 1.19. The van der Waals surface area contributed by atoms with Crippen LogP contribution in [0, 0.1) is 10.1 Å². The number of ketones is 1. The van der Waals surface area contributed by atoms with Gasteiger partial charge in [-0.1, -0.05) is 42.1 Å². The number of hydrogen-bond donors (Lipinski definition) is 1. The van der Waals surface area contributed by atoms with Crippen LogP contribution >= 0.6 is 11.8 Å². The Morgan fingerprint density at radius 3 is 2.41 bits per heavy atom. The first kappa shape index (κ1) is 22.9. The topological polar surface area (TPSA) is 120 Å². The highest BCUT2D eigenvalue weighted by atomic mass is 32.2. The Morgan fingerprint density at radius 2 is 1.74 bits per heavy atom. The molecule has 10 heteroatoms. The number of para-hydroxylation sites is 1. The van der Waals surface area contributed by atoms with Crippen molar-refractivity contribution >= 4 is 34.8 Å². The number of hydrogen-bond acceptors (Lipinski definition) is 7. The fraction of sp³-hybridized carbons (Fsp3) is 0.0833. The second-order valence-electron chi connectivity index (χ2n) is 7.25. The highest BCUT2D eigenvalue weighted by molar-refractivity contribution is 7.99. The maximum atomic E-state index is 12.5. The first-order valence-corrected chi connectivity index (χ1v) is 11.2. The van der Waals surface area contributed by atoms with E-state index in [1.165, 1.54) is 30.8 Å². The van der Waals surface area contributed by atoms with Crippen molar-refractivity contribution < 1.29 is 14.5 Å². The van der Waals surface area contributed by atoms with Gasteiger partial charge >= 0.3 is 0 Å². The van der Waals surface area contributed by atoms with E-state index in [-0.39, 0.29) is 23.1 Å². The smallest absolute Gasteiger partial charge is 0.270 e. The number of Topliss-reactive ketones (excluding diaryl/α,β-unsaturated/α-hetero) is 1. The van der Waals surface area contributed by atoms with Crippen molar-refractivity contribution in [2.24, 2.45) is 0 Å². The summed E-state index contributed by atoms with van der Waals surface area (Å²) in [5.74, 6) is 0.194. The van der Waals surface area contributed by atoms with E-state index < -0.39 is 4.92 Å². The summed E-state index contributed by atoms with van der Waals surface area (Å²) in [4.78, 5) is 34.7. The number of non-ortho nitro benzene ring substituents is 1. The van der Waals surface area contributed by atoms with Gasteiger partial charge in [-0.15, -0.1) is 10.2 Å². The molecule has 0 aliphatic heterocycles. The Bertz CT molecular complexity index is 1350. The molecule has 1 amide bonds. The number of aromatic nitrogens is 3. The van der Waals surface area contributed by atoms with Crippen molar-refractivity contribution in [2.45, 2.75) is 12.1 Å². The molecule has 1 aromatic heterocycles. The normalized spacial score (nSPS) is 10.6. The molecule has 4 rings (SSSR count). The van der Waals surface area contributed by atoms with Crippen LogP contribution in [0.3, 0.4) is 0 Å². The van der Waals surface area contributed by atoms with E-state index >= 15 is 0 Å². The molecule has 0 saturated carbocycles. The first-order chi connectivity index (χ1) is 16.4. The molecule has 0 aliphatic carbocycles. The fourth-order valence-corrected chi connectivity index (χ4v) is 3.99. The van der Waals surface area contributed by atoms with Crippen molar-refractivity contribution in [3.8, 4) is 17.1 Å². The van der Waals surface area contributed by atoms with E-state index in [1.54, 1.807) is 41.0 Å². The second kappa shape index (κ2) is 10.1. The lowest BCUT2D eigenvalue weighted by Gasteiger charge is -2.10. The van der Waals surface area contributed by atoms with Crippen LogP contribution in [0.5, 0.6) is 0 Å². The lowest BCUT2D eigenvalue weighted by atomic mass is 10.1. The molecular weight excluding hydrogens is 454 g/mol. The van der Waals surface area contributed by atoms with Gasteiger partial charge in [-0.25, -0.2) is 0 Å². The first-order valence-electron chi connectivity index (χ1n) is 10.2. The van der Waals surface area contributed by atoms with Gasteiger partial charge in [0.25, 0.3) is 5.69 Å². The molecule has 3 aromatic carbocycles. The number of carbonyl (C=O) groups is 2. The van der Waals surface area contributed by atoms with E-state index in [1.807, 2.05) is 30.3 Å². The SMILES string of the molecule is CC(=O)c1ccc(NC(=O)CSc2nnc(-c3cccc([N+](=O)[O-])c3)n2-c2ccccc2)cc1. The number of nitrogens with one attached hydrogen (secondary N) is 1. The van der Waals surface area contributed by atoms with E-state index in [2.05, 4.69) is 15.5 Å². The summed E-state index contributed by atoms with van der Waals surface area (Å²) in [6.45, 7) is 1.48. The molecule has 0 unspecified atom stereocenters. The molecule has 1 heterocycles. The number of benzene rings is 3. The summed E-state index contributed by atoms with van der Waals surface area (Å²) < 4.78 is 1.76. The zero-order valence-corrected chi connectivity index (χ0v) is 18.9. The van der Waals surface area contributed by atoms with Crippen molar-refractivity contribution in [3.05, 3.63) is 94.5 Å². The average Bonchev–Trinajstić information content (AvgIpc) is 3.28. The molecule has 0 fully saturated rings. The molecule has 0 saturated heterocycles. The molecule has 170 valence electrons. The quantitative estimate of drug-likeness (QED) is 0.169. The summed E-state index contributed by atoms with van der Waals surface area (Å²) in [7, 11) is 0. The van der Waals surface area contributed by atoms with Crippen LogP contribution < -0.4 is 5.32 Å². The molecule has 4 aromatic rings. The van der Waals surface area contributed by atoms with E-state index in [9.17, 15) is 19.7 Å². The molecule has 0 aliphatic rings. The van der Waals surface area contributed by atoms with Crippen LogP contribution in [0.2, 0.25) is 0 Å². The Kier molecular flexibility index (Phi) is 6.79. The van der Waals surface area contributed by atoms with E-state index in [0.29, 0.717) is 27.8 Å². The molecule has 9 nitrogen and oxygen atoms in total. The van der Waals surface area contributed by atoms with Gasteiger partial charge in [0.1, 0.15) is 0 Å². The van der Waals surface area contributed by atoms with Crippen molar-refractivity contribution in [1.82, 2.24) is 14.8 Å². The van der Waals surface area contributed by atoms with Gasteiger partial charge in [0.05, 0.1) is 10.7 Å². The lowest BCUT2D eigenvalue weighted by Crippen LogP contribution is -2.14. The lowest BCUT2D eigenvalue weighted by molar-refractivity contribution is -0.384. The van der Waals surface area contributed by atoms with Crippen molar-refractivity contribution in [1.29, 1.82) is 0 Å². The predicted molar refractivity (Wildman–Crippen MR) is 129 cm³/mol. The number of rotatable bonds is 8. The third kappa shape index (κ3) is 5.18. The largest absolute Gasteiger partial charge is 0.325 e. The van der Waals surface area contributed by atoms with Gasteiger partial charge in [-0.3, -0.25) is 24.3 Å². The van der Waals surface area contributed by atoms with Crippen LogP contribution in [-0.2, 0) is 4.79 Å². The van der Waals surface area contributed by atoms with Gasteiger partial charge in [0.2, 0.25) is 5.91 Å². The number of nitrogens with zero attached hydrogens (tertiary/aromatic N) is 4. The molecule has 0 bridgehead atoms. The maximum absolute atomic E-state index is 12.5. The van der Waals surface area contributed by atoms with Crippen LogP contribution in [0.1, 0.15) is 17.3 Å². The van der Waals surface area contributed by atoms with Crippen LogP contribution in [-0.4, -0.2) is 37.1 Å². The Labute approximate surface area is 199 Å². The summed E-state index contributed by atoms with van der Waals surface area (Å²) in [6.07, 6.45) is 0. The second-order valence-corrected chi connectivity index (χ2v) is 8.20. The molecule has 0 atom stereocenters. The third-order valence-electron chi connectivity index (χ3n) is 4.87. The summed E-state index contributed by atoms with van der Waals surface area (Å²) in [5, 5.41) is 23.0. The highest BCUT2D eigenvalue weighted by Gasteiger charge is 2.19. The van der Waals surface area contributed by atoms with Gasteiger partial charge in [0, 0.05) is 34.6 Å². The maximum Gasteiger partial charge on any atom is 0.270 e. The monoisotopic (exact) mass is 473 g/mol. The summed E-state index contributed by atoms with van der Waals surface area (Å²) in [5.41, 5.74) is 2.39. The number of nitro groups is 1. The minimum Gasteiger partial charge on any atom is -0.325 e. The number of thioether (sulfide) groups is 1. The average molecular weight is 474 g/mol.